The molecule has 1 amide bonds. The SMILES string of the molecule is Cc1nc(-c2ccc(F)cc2)sc1CCNC(=O)c1cccc([N+](=O)[O-])c1. The van der Waals surface area contributed by atoms with Gasteiger partial charge in [0.2, 0.25) is 0 Å². The monoisotopic (exact) mass is 385 g/mol. The van der Waals surface area contributed by atoms with Gasteiger partial charge in [0.1, 0.15) is 10.8 Å². The number of thiazole rings is 1. The third kappa shape index (κ3) is 4.53. The average molecular weight is 385 g/mol. The summed E-state index contributed by atoms with van der Waals surface area (Å²) in [5, 5.41) is 14.4. The summed E-state index contributed by atoms with van der Waals surface area (Å²) in [6.45, 7) is 2.27. The molecule has 3 aromatic rings. The summed E-state index contributed by atoms with van der Waals surface area (Å²) >= 11 is 1.50. The first-order valence-electron chi connectivity index (χ1n) is 8.19. The summed E-state index contributed by atoms with van der Waals surface area (Å²) in [5.41, 5.74) is 1.84. The van der Waals surface area contributed by atoms with Gasteiger partial charge in [-0.3, -0.25) is 14.9 Å². The van der Waals surface area contributed by atoms with Crippen LogP contribution in [0.4, 0.5) is 10.1 Å². The first-order chi connectivity index (χ1) is 12.9. The van der Waals surface area contributed by atoms with Crippen molar-refractivity contribution in [2.45, 2.75) is 13.3 Å². The minimum atomic E-state index is -0.533. The van der Waals surface area contributed by atoms with Crippen molar-refractivity contribution >= 4 is 22.9 Å². The van der Waals surface area contributed by atoms with Crippen LogP contribution >= 0.6 is 11.3 Å². The third-order valence-electron chi connectivity index (χ3n) is 3.94. The Kier molecular flexibility index (Phi) is 5.56. The number of hydrogen-bond donors (Lipinski definition) is 1. The van der Waals surface area contributed by atoms with Crippen LogP contribution in [-0.2, 0) is 6.42 Å². The lowest BCUT2D eigenvalue weighted by Crippen LogP contribution is -2.25. The van der Waals surface area contributed by atoms with Crippen LogP contribution in [0.2, 0.25) is 0 Å². The highest BCUT2D eigenvalue weighted by Gasteiger charge is 2.13. The molecule has 0 aliphatic rings. The Labute approximate surface area is 158 Å². The van der Waals surface area contributed by atoms with E-state index in [1.807, 2.05) is 6.92 Å². The van der Waals surface area contributed by atoms with Crippen LogP contribution in [0.25, 0.3) is 10.6 Å². The maximum absolute atomic E-state index is 13.0. The van der Waals surface area contributed by atoms with Gasteiger partial charge < -0.3 is 5.32 Å². The number of benzene rings is 2. The second kappa shape index (κ2) is 8.05. The van der Waals surface area contributed by atoms with Crippen molar-refractivity contribution in [2.75, 3.05) is 6.54 Å². The number of rotatable bonds is 6. The third-order valence-corrected chi connectivity index (χ3v) is 5.21. The van der Waals surface area contributed by atoms with Crippen LogP contribution in [0.5, 0.6) is 0 Å². The number of amides is 1. The zero-order valence-electron chi connectivity index (χ0n) is 14.4. The van der Waals surface area contributed by atoms with E-state index in [2.05, 4.69) is 10.3 Å². The van der Waals surface area contributed by atoms with Gasteiger partial charge in [-0.1, -0.05) is 6.07 Å². The van der Waals surface area contributed by atoms with Crippen LogP contribution < -0.4 is 5.32 Å². The summed E-state index contributed by atoms with van der Waals surface area (Å²) < 4.78 is 13.0. The number of nitrogens with one attached hydrogen (secondary N) is 1. The second-order valence-corrected chi connectivity index (χ2v) is 6.93. The van der Waals surface area contributed by atoms with Gasteiger partial charge in [0.05, 0.1) is 10.6 Å². The first-order valence-corrected chi connectivity index (χ1v) is 9.00. The molecule has 0 spiro atoms. The quantitative estimate of drug-likeness (QED) is 0.510. The second-order valence-electron chi connectivity index (χ2n) is 5.85. The van der Waals surface area contributed by atoms with Gasteiger partial charge in [-0.15, -0.1) is 11.3 Å². The summed E-state index contributed by atoms with van der Waals surface area (Å²) in [7, 11) is 0. The fourth-order valence-corrected chi connectivity index (χ4v) is 3.60. The van der Waals surface area contributed by atoms with Crippen molar-refractivity contribution < 1.29 is 14.1 Å². The van der Waals surface area contributed by atoms with E-state index < -0.39 is 4.92 Å². The van der Waals surface area contributed by atoms with E-state index >= 15 is 0 Å². The van der Waals surface area contributed by atoms with Gasteiger partial charge >= 0.3 is 0 Å². The number of carbonyl (C=O) groups excluding carboxylic acids is 1. The lowest BCUT2D eigenvalue weighted by Gasteiger charge is -2.04. The standard InChI is InChI=1S/C19H16FN3O3S/c1-12-17(27-19(22-12)13-5-7-15(20)8-6-13)9-10-21-18(24)14-3-2-4-16(11-14)23(25)26/h2-8,11H,9-10H2,1H3,(H,21,24). The molecule has 0 bridgehead atoms. The molecule has 2 aromatic carbocycles. The van der Waals surface area contributed by atoms with Gasteiger partial charge in [0, 0.05) is 41.1 Å². The first kappa shape index (κ1) is 18.7. The number of carbonyl (C=O) groups is 1. The molecule has 8 heteroatoms. The molecule has 1 aromatic heterocycles. The largest absolute Gasteiger partial charge is 0.352 e. The van der Waals surface area contributed by atoms with Gasteiger partial charge in [-0.25, -0.2) is 9.37 Å². The van der Waals surface area contributed by atoms with E-state index in [4.69, 9.17) is 0 Å². The summed E-state index contributed by atoms with van der Waals surface area (Å²) in [6, 6.07) is 11.8. The molecule has 0 radical (unpaired) electrons. The molecule has 0 aliphatic carbocycles. The van der Waals surface area contributed by atoms with Crippen molar-refractivity contribution in [1.82, 2.24) is 10.3 Å². The summed E-state index contributed by atoms with van der Waals surface area (Å²) in [5.74, 6) is -0.657. The number of nitrogens with zero attached hydrogens (tertiary/aromatic N) is 2. The highest BCUT2D eigenvalue weighted by molar-refractivity contribution is 7.15. The van der Waals surface area contributed by atoms with E-state index in [0.29, 0.717) is 13.0 Å². The van der Waals surface area contributed by atoms with E-state index in [1.54, 1.807) is 12.1 Å². The minimum Gasteiger partial charge on any atom is -0.352 e. The number of non-ortho nitro benzene ring substituents is 1. The van der Waals surface area contributed by atoms with E-state index in [-0.39, 0.29) is 23.0 Å². The van der Waals surface area contributed by atoms with Crippen LogP contribution in [-0.4, -0.2) is 22.4 Å². The number of hydrogen-bond acceptors (Lipinski definition) is 5. The molecule has 0 saturated heterocycles. The Morgan fingerprint density at radius 1 is 1.26 bits per heavy atom. The molecular formula is C19H16FN3O3S. The number of nitro groups is 1. The Morgan fingerprint density at radius 3 is 2.70 bits per heavy atom. The van der Waals surface area contributed by atoms with Crippen molar-refractivity contribution in [1.29, 1.82) is 0 Å². The zero-order chi connectivity index (χ0) is 19.4. The van der Waals surface area contributed by atoms with Crippen molar-refractivity contribution in [3.63, 3.8) is 0 Å². The minimum absolute atomic E-state index is 0.120. The Morgan fingerprint density at radius 2 is 2.00 bits per heavy atom. The molecule has 0 atom stereocenters. The molecule has 1 heterocycles. The predicted octanol–water partition coefficient (Wildman–Crippen LogP) is 4.14. The van der Waals surface area contributed by atoms with Crippen LogP contribution in [0, 0.1) is 22.9 Å². The Balaban J connectivity index is 1.62. The summed E-state index contributed by atoms with van der Waals surface area (Å²) in [4.78, 5) is 28.0. The van der Waals surface area contributed by atoms with Gasteiger partial charge in [0.25, 0.3) is 11.6 Å². The van der Waals surface area contributed by atoms with E-state index in [0.717, 1.165) is 21.1 Å². The highest BCUT2D eigenvalue weighted by Crippen LogP contribution is 2.28. The normalized spacial score (nSPS) is 10.6. The average Bonchev–Trinajstić information content (AvgIpc) is 3.03. The van der Waals surface area contributed by atoms with E-state index in [9.17, 15) is 19.3 Å². The van der Waals surface area contributed by atoms with Crippen LogP contribution in [0.15, 0.2) is 48.5 Å². The van der Waals surface area contributed by atoms with Crippen LogP contribution in [0.3, 0.4) is 0 Å². The fourth-order valence-electron chi connectivity index (χ4n) is 2.53. The van der Waals surface area contributed by atoms with E-state index in [1.165, 1.54) is 47.7 Å². The molecule has 1 N–H and O–H groups in total. The fraction of sp³-hybridized carbons (Fsp3) is 0.158. The van der Waals surface area contributed by atoms with Crippen LogP contribution in [0.1, 0.15) is 20.9 Å². The number of halogens is 1. The van der Waals surface area contributed by atoms with Crippen molar-refractivity contribution in [3.05, 3.63) is 80.6 Å². The molecule has 27 heavy (non-hydrogen) atoms. The maximum Gasteiger partial charge on any atom is 0.270 e. The number of aryl methyl sites for hydroxylation is 1. The zero-order valence-corrected chi connectivity index (χ0v) is 15.3. The lowest BCUT2D eigenvalue weighted by molar-refractivity contribution is -0.384. The van der Waals surface area contributed by atoms with Crippen molar-refractivity contribution in [3.8, 4) is 10.6 Å². The molecule has 0 fully saturated rings. The predicted molar refractivity (Wildman–Crippen MR) is 101 cm³/mol. The number of nitro benzene ring substituents is 1. The van der Waals surface area contributed by atoms with Gasteiger partial charge in [0.15, 0.2) is 0 Å². The lowest BCUT2D eigenvalue weighted by atomic mass is 10.2. The highest BCUT2D eigenvalue weighted by atomic mass is 32.1. The molecular weight excluding hydrogens is 369 g/mol. The molecule has 0 aliphatic heterocycles. The topological polar surface area (TPSA) is 85.1 Å². The van der Waals surface area contributed by atoms with Crippen molar-refractivity contribution in [2.24, 2.45) is 0 Å². The molecule has 138 valence electrons. The molecule has 6 nitrogen and oxygen atoms in total. The summed E-state index contributed by atoms with van der Waals surface area (Å²) in [6.07, 6.45) is 0.589. The Hall–Kier alpha value is -3.13. The van der Waals surface area contributed by atoms with Gasteiger partial charge in [-0.2, -0.15) is 0 Å². The molecule has 0 saturated carbocycles. The number of aromatic nitrogens is 1. The molecule has 3 rings (SSSR count). The van der Waals surface area contributed by atoms with Gasteiger partial charge in [-0.05, 0) is 37.3 Å². The maximum atomic E-state index is 13.0. The smallest absolute Gasteiger partial charge is 0.270 e. The molecule has 0 unspecified atom stereocenters. The Bertz CT molecular complexity index is 986.